The summed E-state index contributed by atoms with van der Waals surface area (Å²) in [4.78, 5) is 12.3. The Labute approximate surface area is 141 Å². The minimum atomic E-state index is 0.00762. The fourth-order valence-electron chi connectivity index (χ4n) is 1.75. The predicted molar refractivity (Wildman–Crippen MR) is 92.4 cm³/mol. The highest BCUT2D eigenvalue weighted by atomic mass is 79.9. The fraction of sp³-hybridized carbons (Fsp3) is 0.118. The lowest BCUT2D eigenvalue weighted by atomic mass is 10.0. The second-order valence-electron chi connectivity index (χ2n) is 4.30. The van der Waals surface area contributed by atoms with Crippen LogP contribution in [0.5, 0.6) is 5.75 Å². The molecule has 0 aromatic heterocycles. The zero-order chi connectivity index (χ0) is 15.1. The second kappa shape index (κ2) is 8.15. The van der Waals surface area contributed by atoms with Crippen molar-refractivity contribution in [3.63, 3.8) is 0 Å². The zero-order valence-corrected chi connectivity index (χ0v) is 14.4. The largest absolute Gasteiger partial charge is 0.490 e. The standard InChI is InChI=1S/C17H14Br2O2/c18-11-1-2-12-21-16-9-5-14(6-10-16)17(20)13-3-7-15(19)8-4-13/h1-10H,11-12H2/b2-1+. The molecule has 0 bridgehead atoms. The van der Waals surface area contributed by atoms with Crippen LogP contribution in [-0.4, -0.2) is 17.7 Å². The van der Waals surface area contributed by atoms with Crippen LogP contribution in [0.25, 0.3) is 0 Å². The van der Waals surface area contributed by atoms with E-state index in [1.807, 2.05) is 48.6 Å². The number of ether oxygens (including phenoxy) is 1. The highest BCUT2D eigenvalue weighted by Gasteiger charge is 2.08. The number of allylic oxidation sites excluding steroid dienone is 1. The Morgan fingerprint density at radius 1 is 0.952 bits per heavy atom. The van der Waals surface area contributed by atoms with E-state index in [-0.39, 0.29) is 5.78 Å². The molecule has 0 spiro atoms. The van der Waals surface area contributed by atoms with Gasteiger partial charge in [-0.3, -0.25) is 4.79 Å². The lowest BCUT2D eigenvalue weighted by molar-refractivity contribution is 0.103. The third kappa shape index (κ3) is 4.83. The van der Waals surface area contributed by atoms with Crippen molar-refractivity contribution in [2.24, 2.45) is 0 Å². The number of hydrogen-bond acceptors (Lipinski definition) is 2. The molecule has 0 aliphatic heterocycles. The average molecular weight is 410 g/mol. The van der Waals surface area contributed by atoms with Crippen LogP contribution in [0.2, 0.25) is 0 Å². The average Bonchev–Trinajstić information content (AvgIpc) is 2.52. The van der Waals surface area contributed by atoms with E-state index >= 15 is 0 Å². The monoisotopic (exact) mass is 408 g/mol. The third-order valence-corrected chi connectivity index (χ3v) is 3.73. The van der Waals surface area contributed by atoms with Crippen LogP contribution in [0.1, 0.15) is 15.9 Å². The summed E-state index contributed by atoms with van der Waals surface area (Å²) in [6.07, 6.45) is 3.92. The molecule has 21 heavy (non-hydrogen) atoms. The minimum Gasteiger partial charge on any atom is -0.490 e. The van der Waals surface area contributed by atoms with E-state index in [2.05, 4.69) is 31.9 Å². The second-order valence-corrected chi connectivity index (χ2v) is 5.86. The van der Waals surface area contributed by atoms with E-state index in [1.54, 1.807) is 12.1 Å². The van der Waals surface area contributed by atoms with Crippen molar-refractivity contribution in [3.05, 3.63) is 76.3 Å². The molecule has 0 fully saturated rings. The number of carbonyl (C=O) groups excluding carboxylic acids is 1. The maximum Gasteiger partial charge on any atom is 0.193 e. The van der Waals surface area contributed by atoms with Crippen molar-refractivity contribution in [1.82, 2.24) is 0 Å². The van der Waals surface area contributed by atoms with Gasteiger partial charge in [0.15, 0.2) is 5.78 Å². The molecule has 4 heteroatoms. The van der Waals surface area contributed by atoms with E-state index in [0.29, 0.717) is 17.7 Å². The molecular weight excluding hydrogens is 396 g/mol. The normalized spacial score (nSPS) is 10.8. The number of rotatable bonds is 6. The molecule has 0 unspecified atom stereocenters. The lowest BCUT2D eigenvalue weighted by Crippen LogP contribution is -2.01. The lowest BCUT2D eigenvalue weighted by Gasteiger charge is -2.05. The quantitative estimate of drug-likeness (QED) is 0.380. The van der Waals surface area contributed by atoms with Gasteiger partial charge < -0.3 is 4.74 Å². The molecule has 0 N–H and O–H groups in total. The molecule has 0 heterocycles. The zero-order valence-electron chi connectivity index (χ0n) is 11.3. The molecular formula is C17H14Br2O2. The summed E-state index contributed by atoms with van der Waals surface area (Å²) in [5.74, 6) is 0.759. The molecule has 108 valence electrons. The first kappa shape index (κ1) is 16.0. The van der Waals surface area contributed by atoms with Gasteiger partial charge in [0.25, 0.3) is 0 Å². The van der Waals surface area contributed by atoms with Crippen molar-refractivity contribution in [3.8, 4) is 5.75 Å². The number of carbonyl (C=O) groups is 1. The Kier molecular flexibility index (Phi) is 6.21. The van der Waals surface area contributed by atoms with Crippen LogP contribution in [-0.2, 0) is 0 Å². The van der Waals surface area contributed by atoms with Gasteiger partial charge in [0.1, 0.15) is 12.4 Å². The van der Waals surface area contributed by atoms with Crippen LogP contribution in [0.3, 0.4) is 0 Å². The summed E-state index contributed by atoms with van der Waals surface area (Å²) in [5, 5.41) is 0.816. The topological polar surface area (TPSA) is 26.3 Å². The summed E-state index contributed by atoms with van der Waals surface area (Å²) in [6, 6.07) is 14.5. The van der Waals surface area contributed by atoms with Crippen LogP contribution in [0.15, 0.2) is 65.2 Å². The Morgan fingerprint density at radius 2 is 1.52 bits per heavy atom. The van der Waals surface area contributed by atoms with E-state index in [1.165, 1.54) is 0 Å². The maximum atomic E-state index is 12.3. The van der Waals surface area contributed by atoms with Crippen molar-refractivity contribution in [1.29, 1.82) is 0 Å². The first-order chi connectivity index (χ1) is 10.2. The summed E-state index contributed by atoms with van der Waals surface area (Å²) < 4.78 is 6.50. The van der Waals surface area contributed by atoms with Crippen LogP contribution < -0.4 is 4.74 Å². The molecule has 2 rings (SSSR count). The van der Waals surface area contributed by atoms with E-state index < -0.39 is 0 Å². The summed E-state index contributed by atoms with van der Waals surface area (Å²) in [6.45, 7) is 0.519. The molecule has 0 atom stereocenters. The van der Waals surface area contributed by atoms with Crippen LogP contribution in [0.4, 0.5) is 0 Å². The van der Waals surface area contributed by atoms with Gasteiger partial charge in [-0.05, 0) is 48.5 Å². The van der Waals surface area contributed by atoms with E-state index in [9.17, 15) is 4.79 Å². The minimum absolute atomic E-state index is 0.00762. The van der Waals surface area contributed by atoms with E-state index in [4.69, 9.17) is 4.74 Å². The molecule has 0 aliphatic rings. The van der Waals surface area contributed by atoms with Crippen LogP contribution >= 0.6 is 31.9 Å². The van der Waals surface area contributed by atoms with Gasteiger partial charge in [-0.2, -0.15) is 0 Å². The molecule has 0 amide bonds. The highest BCUT2D eigenvalue weighted by Crippen LogP contribution is 2.17. The van der Waals surface area contributed by atoms with Gasteiger partial charge in [0.2, 0.25) is 0 Å². The Morgan fingerprint density at radius 3 is 2.10 bits per heavy atom. The van der Waals surface area contributed by atoms with Crippen LogP contribution in [0, 0.1) is 0 Å². The van der Waals surface area contributed by atoms with Gasteiger partial charge >= 0.3 is 0 Å². The predicted octanol–water partition coefficient (Wildman–Crippen LogP) is 5.01. The maximum absolute atomic E-state index is 12.3. The van der Waals surface area contributed by atoms with Crippen molar-refractivity contribution in [2.75, 3.05) is 11.9 Å². The van der Waals surface area contributed by atoms with Crippen molar-refractivity contribution in [2.45, 2.75) is 0 Å². The molecule has 0 saturated heterocycles. The number of halogens is 2. The highest BCUT2D eigenvalue weighted by molar-refractivity contribution is 9.10. The molecule has 0 radical (unpaired) electrons. The summed E-state index contributed by atoms with van der Waals surface area (Å²) in [5.41, 5.74) is 1.33. The SMILES string of the molecule is O=C(c1ccc(Br)cc1)c1ccc(OC/C=C/CBr)cc1. The summed E-state index contributed by atoms with van der Waals surface area (Å²) in [7, 11) is 0. The number of benzene rings is 2. The molecule has 2 aromatic rings. The van der Waals surface area contributed by atoms with Gasteiger partial charge in [0.05, 0.1) is 0 Å². The Hall–Kier alpha value is -1.39. The van der Waals surface area contributed by atoms with Gasteiger partial charge in [-0.1, -0.05) is 44.0 Å². The van der Waals surface area contributed by atoms with E-state index in [0.717, 1.165) is 15.6 Å². The third-order valence-electron chi connectivity index (χ3n) is 2.82. The van der Waals surface area contributed by atoms with Crippen molar-refractivity contribution < 1.29 is 9.53 Å². The number of ketones is 1. The smallest absolute Gasteiger partial charge is 0.193 e. The van der Waals surface area contributed by atoms with Gasteiger partial charge in [-0.15, -0.1) is 0 Å². The number of hydrogen-bond donors (Lipinski definition) is 0. The van der Waals surface area contributed by atoms with Crippen molar-refractivity contribution >= 4 is 37.6 Å². The molecule has 0 aliphatic carbocycles. The summed E-state index contributed by atoms with van der Waals surface area (Å²) >= 11 is 6.66. The fourth-order valence-corrected chi connectivity index (χ4v) is 2.27. The molecule has 2 aromatic carbocycles. The molecule has 0 saturated carbocycles. The van der Waals surface area contributed by atoms with Gasteiger partial charge in [-0.25, -0.2) is 0 Å². The molecule has 2 nitrogen and oxygen atoms in total. The van der Waals surface area contributed by atoms with Gasteiger partial charge in [0, 0.05) is 20.9 Å². The first-order valence-corrected chi connectivity index (χ1v) is 8.36. The Balaban J connectivity index is 2.02. The first-order valence-electron chi connectivity index (χ1n) is 6.45. The number of alkyl halides is 1. The Bertz CT molecular complexity index is 616.